The van der Waals surface area contributed by atoms with E-state index in [1.807, 2.05) is 11.8 Å². The topological polar surface area (TPSA) is 49.9 Å². The lowest BCUT2D eigenvalue weighted by Crippen LogP contribution is -2.51. The van der Waals surface area contributed by atoms with Gasteiger partial charge in [-0.3, -0.25) is 9.59 Å². The second-order valence-corrected chi connectivity index (χ2v) is 5.37. The highest BCUT2D eigenvalue weighted by atomic mass is 16.5. The molecule has 2 aliphatic rings. The maximum atomic E-state index is 12.5. The van der Waals surface area contributed by atoms with E-state index in [4.69, 9.17) is 4.74 Å². The van der Waals surface area contributed by atoms with Crippen LogP contribution in [0.5, 0.6) is 0 Å². The highest BCUT2D eigenvalue weighted by molar-refractivity contribution is 5.87. The number of ether oxygens (including phenoxy) is 1. The first kappa shape index (κ1) is 14.3. The number of hydrogen-bond acceptors (Lipinski definition) is 3. The van der Waals surface area contributed by atoms with Crippen molar-refractivity contribution < 1.29 is 14.3 Å². The van der Waals surface area contributed by atoms with Gasteiger partial charge < -0.3 is 14.5 Å². The van der Waals surface area contributed by atoms with Crippen LogP contribution in [0.2, 0.25) is 0 Å². The molecule has 0 aromatic carbocycles. The Balaban J connectivity index is 1.96. The first-order valence-electron chi connectivity index (χ1n) is 7.31. The molecule has 0 aromatic rings. The average molecular weight is 268 g/mol. The molecule has 2 aliphatic heterocycles. The minimum Gasteiger partial charge on any atom is -0.377 e. The summed E-state index contributed by atoms with van der Waals surface area (Å²) >= 11 is 0. The number of carbonyl (C=O) groups is 2. The Kier molecular flexibility index (Phi) is 4.80. The van der Waals surface area contributed by atoms with Crippen molar-refractivity contribution in [3.05, 3.63) is 0 Å². The minimum atomic E-state index is -0.238. The Labute approximate surface area is 114 Å². The first-order valence-corrected chi connectivity index (χ1v) is 7.31. The summed E-state index contributed by atoms with van der Waals surface area (Å²) in [5, 5.41) is 0. The van der Waals surface area contributed by atoms with Crippen LogP contribution >= 0.6 is 0 Å². The van der Waals surface area contributed by atoms with Gasteiger partial charge in [-0.2, -0.15) is 0 Å². The van der Waals surface area contributed by atoms with E-state index in [1.54, 1.807) is 11.8 Å². The maximum absolute atomic E-state index is 12.5. The molecule has 0 N–H and O–H groups in total. The van der Waals surface area contributed by atoms with E-state index >= 15 is 0 Å². The summed E-state index contributed by atoms with van der Waals surface area (Å²) in [5.41, 5.74) is 0. The highest BCUT2D eigenvalue weighted by Crippen LogP contribution is 2.22. The summed E-state index contributed by atoms with van der Waals surface area (Å²) in [4.78, 5) is 27.7. The zero-order chi connectivity index (χ0) is 13.8. The van der Waals surface area contributed by atoms with Crippen molar-refractivity contribution in [3.63, 3.8) is 0 Å². The highest BCUT2D eigenvalue weighted by Gasteiger charge is 2.36. The fourth-order valence-electron chi connectivity index (χ4n) is 3.12. The van der Waals surface area contributed by atoms with E-state index in [1.165, 1.54) is 0 Å². The van der Waals surface area contributed by atoms with Crippen molar-refractivity contribution in [2.45, 2.75) is 51.7 Å². The molecular weight excluding hydrogens is 244 g/mol. The lowest BCUT2D eigenvalue weighted by atomic mass is 10.1. The molecule has 0 aromatic heterocycles. The standard InChI is InChI=1S/C14H24N2O3/c1-3-19-12-6-4-8-15(10-12)14(18)13-7-5-9-16(13)11(2)17/h12-13H,3-10H2,1-2H3/t12?,13-/m0/s1. The zero-order valence-electron chi connectivity index (χ0n) is 11.9. The van der Waals surface area contributed by atoms with Gasteiger partial charge in [0, 0.05) is 33.2 Å². The zero-order valence-corrected chi connectivity index (χ0v) is 11.9. The van der Waals surface area contributed by atoms with Crippen LogP contribution in [-0.2, 0) is 14.3 Å². The molecule has 19 heavy (non-hydrogen) atoms. The van der Waals surface area contributed by atoms with Crippen molar-refractivity contribution >= 4 is 11.8 Å². The van der Waals surface area contributed by atoms with Crippen LogP contribution in [0.3, 0.4) is 0 Å². The van der Waals surface area contributed by atoms with Crippen LogP contribution in [0, 0.1) is 0 Å². The molecule has 0 aliphatic carbocycles. The van der Waals surface area contributed by atoms with E-state index in [0.717, 1.165) is 32.2 Å². The number of amides is 2. The molecule has 0 spiro atoms. The van der Waals surface area contributed by atoms with E-state index in [0.29, 0.717) is 19.7 Å². The fourth-order valence-corrected chi connectivity index (χ4v) is 3.12. The second-order valence-electron chi connectivity index (χ2n) is 5.37. The van der Waals surface area contributed by atoms with Crippen molar-refractivity contribution in [1.29, 1.82) is 0 Å². The molecule has 0 bridgehead atoms. The van der Waals surface area contributed by atoms with Gasteiger partial charge in [-0.1, -0.05) is 0 Å². The molecule has 2 amide bonds. The van der Waals surface area contributed by atoms with Crippen molar-refractivity contribution in [2.75, 3.05) is 26.2 Å². The molecule has 2 rings (SSSR count). The Bertz CT molecular complexity index is 344. The largest absolute Gasteiger partial charge is 0.377 e. The number of nitrogens with zero attached hydrogens (tertiary/aromatic N) is 2. The molecule has 0 saturated carbocycles. The molecule has 2 saturated heterocycles. The van der Waals surface area contributed by atoms with Crippen molar-refractivity contribution in [3.8, 4) is 0 Å². The molecule has 1 unspecified atom stereocenters. The lowest BCUT2D eigenvalue weighted by molar-refractivity contribution is -0.145. The number of hydrogen-bond donors (Lipinski definition) is 0. The third-order valence-electron chi connectivity index (χ3n) is 4.03. The number of rotatable bonds is 3. The lowest BCUT2D eigenvalue weighted by Gasteiger charge is -2.35. The van der Waals surface area contributed by atoms with Gasteiger partial charge in [-0.25, -0.2) is 0 Å². The molecule has 2 fully saturated rings. The summed E-state index contributed by atoms with van der Waals surface area (Å²) in [6, 6.07) is -0.238. The predicted octanol–water partition coefficient (Wildman–Crippen LogP) is 1.02. The summed E-state index contributed by atoms with van der Waals surface area (Å²) < 4.78 is 5.63. The van der Waals surface area contributed by atoms with Gasteiger partial charge in [-0.15, -0.1) is 0 Å². The normalized spacial score (nSPS) is 27.7. The number of piperidine rings is 1. The van der Waals surface area contributed by atoms with Crippen LogP contribution < -0.4 is 0 Å². The monoisotopic (exact) mass is 268 g/mol. The molecule has 5 nitrogen and oxygen atoms in total. The summed E-state index contributed by atoms with van der Waals surface area (Å²) in [6.45, 7) is 6.41. The van der Waals surface area contributed by atoms with Crippen LogP contribution in [-0.4, -0.2) is 60.0 Å². The SMILES string of the molecule is CCOC1CCCN(C(=O)[C@@H]2CCCN2C(C)=O)C1. The van der Waals surface area contributed by atoms with E-state index in [9.17, 15) is 9.59 Å². The quantitative estimate of drug-likeness (QED) is 0.768. The average Bonchev–Trinajstić information content (AvgIpc) is 2.88. The molecular formula is C14H24N2O3. The molecule has 0 radical (unpaired) electrons. The summed E-state index contributed by atoms with van der Waals surface area (Å²) in [5.74, 6) is 0.117. The molecule has 5 heteroatoms. The minimum absolute atomic E-state index is 0.00853. The van der Waals surface area contributed by atoms with Gasteiger partial charge in [0.2, 0.25) is 11.8 Å². The fraction of sp³-hybridized carbons (Fsp3) is 0.857. The third kappa shape index (κ3) is 3.26. The van der Waals surface area contributed by atoms with Gasteiger partial charge in [0.1, 0.15) is 6.04 Å². The number of likely N-dealkylation sites (tertiary alicyclic amines) is 2. The Morgan fingerprint density at radius 3 is 2.63 bits per heavy atom. The first-order chi connectivity index (χ1) is 9.13. The van der Waals surface area contributed by atoms with Gasteiger partial charge in [0.15, 0.2) is 0 Å². The van der Waals surface area contributed by atoms with Gasteiger partial charge >= 0.3 is 0 Å². The van der Waals surface area contributed by atoms with Crippen LogP contribution in [0.25, 0.3) is 0 Å². The van der Waals surface area contributed by atoms with Crippen LogP contribution in [0.1, 0.15) is 39.5 Å². The van der Waals surface area contributed by atoms with E-state index in [-0.39, 0.29) is 24.0 Å². The number of carbonyl (C=O) groups excluding carboxylic acids is 2. The van der Waals surface area contributed by atoms with Gasteiger partial charge in [0.25, 0.3) is 0 Å². The van der Waals surface area contributed by atoms with Gasteiger partial charge in [-0.05, 0) is 32.6 Å². The van der Waals surface area contributed by atoms with Crippen molar-refractivity contribution in [2.24, 2.45) is 0 Å². The Morgan fingerprint density at radius 1 is 1.21 bits per heavy atom. The second kappa shape index (κ2) is 6.37. The van der Waals surface area contributed by atoms with Crippen LogP contribution in [0.4, 0.5) is 0 Å². The summed E-state index contributed by atoms with van der Waals surface area (Å²) in [7, 11) is 0. The third-order valence-corrected chi connectivity index (χ3v) is 4.03. The smallest absolute Gasteiger partial charge is 0.245 e. The molecule has 2 heterocycles. The van der Waals surface area contributed by atoms with Crippen LogP contribution in [0.15, 0.2) is 0 Å². The Morgan fingerprint density at radius 2 is 1.95 bits per heavy atom. The maximum Gasteiger partial charge on any atom is 0.245 e. The van der Waals surface area contributed by atoms with E-state index in [2.05, 4.69) is 0 Å². The molecule has 2 atom stereocenters. The van der Waals surface area contributed by atoms with Gasteiger partial charge in [0.05, 0.1) is 6.10 Å². The van der Waals surface area contributed by atoms with Crippen molar-refractivity contribution in [1.82, 2.24) is 9.80 Å². The predicted molar refractivity (Wildman–Crippen MR) is 71.6 cm³/mol. The Hall–Kier alpha value is -1.10. The van der Waals surface area contributed by atoms with E-state index < -0.39 is 0 Å². The molecule has 108 valence electrons. The summed E-state index contributed by atoms with van der Waals surface area (Å²) in [6.07, 6.45) is 3.91.